The second kappa shape index (κ2) is 11.4. The van der Waals surface area contributed by atoms with Gasteiger partial charge in [-0.15, -0.1) is 0 Å². The van der Waals surface area contributed by atoms with Crippen molar-refractivity contribution in [2.75, 3.05) is 23.8 Å². The fourth-order valence-corrected chi connectivity index (χ4v) is 2.85. The van der Waals surface area contributed by atoms with Crippen LogP contribution >= 0.6 is 0 Å². The SMILES string of the molecule is C=C(C)COc1ccc(NCC(=O)Nc2ccc(C(=O)NCc3ccccc3)cc2)cc1. The maximum atomic E-state index is 12.3. The van der Waals surface area contributed by atoms with E-state index < -0.39 is 0 Å². The van der Waals surface area contributed by atoms with Crippen molar-refractivity contribution in [2.24, 2.45) is 0 Å². The first-order valence-corrected chi connectivity index (χ1v) is 10.3. The van der Waals surface area contributed by atoms with Gasteiger partial charge in [-0.3, -0.25) is 9.59 Å². The summed E-state index contributed by atoms with van der Waals surface area (Å²) in [6.45, 7) is 6.76. The van der Waals surface area contributed by atoms with Crippen molar-refractivity contribution in [2.45, 2.75) is 13.5 Å². The Morgan fingerprint density at radius 3 is 2.19 bits per heavy atom. The Balaban J connectivity index is 1.43. The quantitative estimate of drug-likeness (QED) is 0.411. The third-order valence-electron chi connectivity index (χ3n) is 4.52. The maximum Gasteiger partial charge on any atom is 0.251 e. The van der Waals surface area contributed by atoms with E-state index in [9.17, 15) is 9.59 Å². The van der Waals surface area contributed by atoms with Gasteiger partial charge < -0.3 is 20.7 Å². The van der Waals surface area contributed by atoms with Gasteiger partial charge in [0.1, 0.15) is 12.4 Å². The van der Waals surface area contributed by atoms with Crippen molar-refractivity contribution in [3.63, 3.8) is 0 Å². The Labute approximate surface area is 188 Å². The third-order valence-corrected chi connectivity index (χ3v) is 4.52. The summed E-state index contributed by atoms with van der Waals surface area (Å²) in [6, 6.07) is 23.9. The fourth-order valence-electron chi connectivity index (χ4n) is 2.85. The third kappa shape index (κ3) is 7.32. The normalized spacial score (nSPS) is 10.2. The second-order valence-electron chi connectivity index (χ2n) is 7.42. The van der Waals surface area contributed by atoms with E-state index in [2.05, 4.69) is 22.5 Å². The molecule has 0 saturated heterocycles. The monoisotopic (exact) mass is 429 g/mol. The lowest BCUT2D eigenvalue weighted by atomic mass is 10.1. The number of carbonyl (C=O) groups excluding carboxylic acids is 2. The number of anilines is 2. The molecule has 0 atom stereocenters. The molecule has 3 N–H and O–H groups in total. The molecule has 32 heavy (non-hydrogen) atoms. The minimum absolute atomic E-state index is 0.116. The minimum atomic E-state index is -0.186. The van der Waals surface area contributed by atoms with E-state index in [0.29, 0.717) is 24.4 Å². The first-order chi connectivity index (χ1) is 15.5. The highest BCUT2D eigenvalue weighted by atomic mass is 16.5. The van der Waals surface area contributed by atoms with Crippen LogP contribution in [0.4, 0.5) is 11.4 Å². The number of rotatable bonds is 10. The largest absolute Gasteiger partial charge is 0.489 e. The number of benzene rings is 3. The summed E-state index contributed by atoms with van der Waals surface area (Å²) in [4.78, 5) is 24.5. The van der Waals surface area contributed by atoms with Crippen molar-refractivity contribution >= 4 is 23.2 Å². The topological polar surface area (TPSA) is 79.5 Å². The summed E-state index contributed by atoms with van der Waals surface area (Å²) in [6.07, 6.45) is 0. The zero-order valence-corrected chi connectivity index (χ0v) is 18.1. The Hall–Kier alpha value is -4.06. The molecule has 0 aliphatic rings. The van der Waals surface area contributed by atoms with Crippen molar-refractivity contribution in [3.05, 3.63) is 102 Å². The van der Waals surface area contributed by atoms with Gasteiger partial charge in [-0.05, 0) is 66.6 Å². The first-order valence-electron chi connectivity index (χ1n) is 10.3. The highest BCUT2D eigenvalue weighted by molar-refractivity contribution is 5.96. The van der Waals surface area contributed by atoms with Gasteiger partial charge in [-0.2, -0.15) is 0 Å². The molecule has 0 heterocycles. The first kappa shape index (κ1) is 22.6. The Morgan fingerprint density at radius 1 is 0.875 bits per heavy atom. The van der Waals surface area contributed by atoms with E-state index in [1.807, 2.05) is 61.5 Å². The molecule has 0 radical (unpaired) electrons. The van der Waals surface area contributed by atoms with Crippen LogP contribution in [0.3, 0.4) is 0 Å². The Morgan fingerprint density at radius 2 is 1.53 bits per heavy atom. The van der Waals surface area contributed by atoms with Gasteiger partial charge in [0.05, 0.1) is 6.54 Å². The van der Waals surface area contributed by atoms with Gasteiger partial charge in [-0.25, -0.2) is 0 Å². The van der Waals surface area contributed by atoms with Crippen LogP contribution in [0, 0.1) is 0 Å². The molecule has 2 amide bonds. The van der Waals surface area contributed by atoms with E-state index in [1.54, 1.807) is 24.3 Å². The Kier molecular flexibility index (Phi) is 8.03. The van der Waals surface area contributed by atoms with E-state index in [4.69, 9.17) is 4.74 Å². The number of hydrogen-bond donors (Lipinski definition) is 3. The second-order valence-corrected chi connectivity index (χ2v) is 7.42. The van der Waals surface area contributed by atoms with Crippen LogP contribution in [0.5, 0.6) is 5.75 Å². The van der Waals surface area contributed by atoms with E-state index in [0.717, 1.165) is 22.6 Å². The zero-order valence-electron chi connectivity index (χ0n) is 18.1. The molecular formula is C26H27N3O3. The number of carbonyl (C=O) groups is 2. The van der Waals surface area contributed by atoms with Crippen LogP contribution in [-0.2, 0) is 11.3 Å². The predicted octanol–water partition coefficient (Wildman–Crippen LogP) is 4.62. The summed E-state index contributed by atoms with van der Waals surface area (Å²) in [7, 11) is 0. The van der Waals surface area contributed by atoms with E-state index in [1.165, 1.54) is 0 Å². The van der Waals surface area contributed by atoms with Crippen LogP contribution in [0.15, 0.2) is 91.0 Å². The minimum Gasteiger partial charge on any atom is -0.489 e. The fraction of sp³-hybridized carbons (Fsp3) is 0.154. The van der Waals surface area contributed by atoms with Crippen molar-refractivity contribution < 1.29 is 14.3 Å². The van der Waals surface area contributed by atoms with Gasteiger partial charge in [0.15, 0.2) is 0 Å². The van der Waals surface area contributed by atoms with Crippen LogP contribution in [-0.4, -0.2) is 25.0 Å². The Bertz CT molecular complexity index is 1050. The molecule has 0 aliphatic carbocycles. The molecule has 0 unspecified atom stereocenters. The molecule has 0 bridgehead atoms. The molecule has 3 aromatic rings. The molecule has 0 aromatic heterocycles. The van der Waals surface area contributed by atoms with Gasteiger partial charge >= 0.3 is 0 Å². The molecule has 164 valence electrons. The molecule has 0 fully saturated rings. The van der Waals surface area contributed by atoms with Crippen molar-refractivity contribution in [1.29, 1.82) is 0 Å². The van der Waals surface area contributed by atoms with Gasteiger partial charge in [0.2, 0.25) is 5.91 Å². The molecular weight excluding hydrogens is 402 g/mol. The lowest BCUT2D eigenvalue weighted by Crippen LogP contribution is -2.23. The van der Waals surface area contributed by atoms with Crippen LogP contribution in [0.25, 0.3) is 0 Å². The smallest absolute Gasteiger partial charge is 0.251 e. The highest BCUT2D eigenvalue weighted by Crippen LogP contribution is 2.16. The summed E-state index contributed by atoms with van der Waals surface area (Å²) in [5.41, 5.74) is 3.95. The predicted molar refractivity (Wildman–Crippen MR) is 128 cm³/mol. The standard InChI is InChI=1S/C26H27N3O3/c1-19(2)18-32-24-14-12-22(13-15-24)27-17-25(30)29-23-10-8-21(9-11-23)26(31)28-16-20-6-4-3-5-7-20/h3-15,27H,1,16-18H2,2H3,(H,28,31)(H,29,30). The van der Waals surface area contributed by atoms with Crippen LogP contribution < -0.4 is 20.7 Å². The average Bonchev–Trinajstić information content (AvgIpc) is 2.81. The van der Waals surface area contributed by atoms with Crippen LogP contribution in [0.2, 0.25) is 0 Å². The molecule has 0 aliphatic heterocycles. The van der Waals surface area contributed by atoms with E-state index in [-0.39, 0.29) is 18.4 Å². The maximum absolute atomic E-state index is 12.3. The van der Waals surface area contributed by atoms with Crippen molar-refractivity contribution in [1.82, 2.24) is 5.32 Å². The number of hydrogen-bond acceptors (Lipinski definition) is 4. The summed E-state index contributed by atoms with van der Waals surface area (Å²) >= 11 is 0. The molecule has 3 aromatic carbocycles. The lowest BCUT2D eigenvalue weighted by molar-refractivity contribution is -0.114. The summed E-state index contributed by atoms with van der Waals surface area (Å²) in [5, 5.41) is 8.76. The molecule has 0 saturated carbocycles. The molecule has 6 nitrogen and oxygen atoms in total. The van der Waals surface area contributed by atoms with Crippen LogP contribution in [0.1, 0.15) is 22.8 Å². The van der Waals surface area contributed by atoms with Gasteiger partial charge in [-0.1, -0.05) is 36.9 Å². The van der Waals surface area contributed by atoms with E-state index >= 15 is 0 Å². The summed E-state index contributed by atoms with van der Waals surface area (Å²) in [5.74, 6) is 0.397. The number of nitrogens with one attached hydrogen (secondary N) is 3. The van der Waals surface area contributed by atoms with Crippen molar-refractivity contribution in [3.8, 4) is 5.75 Å². The average molecular weight is 430 g/mol. The number of ether oxygens (including phenoxy) is 1. The number of amides is 2. The molecule has 3 rings (SSSR count). The lowest BCUT2D eigenvalue weighted by Gasteiger charge is -2.10. The van der Waals surface area contributed by atoms with Gasteiger partial charge in [0, 0.05) is 23.5 Å². The highest BCUT2D eigenvalue weighted by Gasteiger charge is 2.07. The molecule has 0 spiro atoms. The zero-order chi connectivity index (χ0) is 22.8. The van der Waals surface area contributed by atoms with Gasteiger partial charge in [0.25, 0.3) is 5.91 Å². The summed E-state index contributed by atoms with van der Waals surface area (Å²) < 4.78 is 5.56. The molecule has 6 heteroatoms.